The number of aliphatic hydroxyl groups is 1. The van der Waals surface area contributed by atoms with Crippen molar-refractivity contribution in [1.82, 2.24) is 4.98 Å². The molecule has 0 radical (unpaired) electrons. The van der Waals surface area contributed by atoms with Crippen LogP contribution < -0.4 is 0 Å². The predicted octanol–water partition coefficient (Wildman–Crippen LogP) is 2.95. The maximum Gasteiger partial charge on any atom is 0.0853 e. The van der Waals surface area contributed by atoms with Crippen molar-refractivity contribution in [3.8, 4) is 11.1 Å². The first-order valence-electron chi connectivity index (χ1n) is 5.93. The van der Waals surface area contributed by atoms with Gasteiger partial charge in [-0.25, -0.2) is 0 Å². The molecule has 2 aromatic rings. The fourth-order valence-corrected chi connectivity index (χ4v) is 1.85. The van der Waals surface area contributed by atoms with Gasteiger partial charge >= 0.3 is 0 Å². The van der Waals surface area contributed by atoms with E-state index in [0.717, 1.165) is 16.7 Å². The summed E-state index contributed by atoms with van der Waals surface area (Å²) in [6.45, 7) is 1.98. The zero-order valence-electron chi connectivity index (χ0n) is 10.6. The smallest absolute Gasteiger partial charge is 0.0853 e. The summed E-state index contributed by atoms with van der Waals surface area (Å²) in [4.78, 5) is 4.08. The number of hydrogen-bond donors (Lipinski definition) is 1. The van der Waals surface area contributed by atoms with Crippen LogP contribution in [0.1, 0.15) is 24.3 Å². The average molecular weight is 243 g/mol. The van der Waals surface area contributed by atoms with Crippen molar-refractivity contribution < 1.29 is 9.84 Å². The highest BCUT2D eigenvalue weighted by Crippen LogP contribution is 2.24. The lowest BCUT2D eigenvalue weighted by Gasteiger charge is -2.11. The van der Waals surface area contributed by atoms with Crippen molar-refractivity contribution in [2.24, 2.45) is 0 Å². The SMILES string of the molecule is CO[C@H](C)c1cccc(-c2ccnc(CO)c2)c1. The van der Waals surface area contributed by atoms with E-state index in [9.17, 15) is 0 Å². The number of pyridine rings is 1. The summed E-state index contributed by atoms with van der Waals surface area (Å²) in [6.07, 6.45) is 1.79. The molecule has 0 fully saturated rings. The van der Waals surface area contributed by atoms with Gasteiger partial charge in [-0.1, -0.05) is 18.2 Å². The Bertz CT molecular complexity index is 525. The van der Waals surface area contributed by atoms with Crippen LogP contribution in [0, 0.1) is 0 Å². The maximum absolute atomic E-state index is 9.11. The lowest BCUT2D eigenvalue weighted by atomic mass is 10.0. The van der Waals surface area contributed by atoms with Gasteiger partial charge in [0.05, 0.1) is 18.4 Å². The Balaban J connectivity index is 2.38. The summed E-state index contributed by atoms with van der Waals surface area (Å²) in [5, 5.41) is 9.11. The summed E-state index contributed by atoms with van der Waals surface area (Å²) in [5.41, 5.74) is 3.97. The largest absolute Gasteiger partial charge is 0.390 e. The molecular weight excluding hydrogens is 226 g/mol. The van der Waals surface area contributed by atoms with Gasteiger partial charge < -0.3 is 9.84 Å². The van der Waals surface area contributed by atoms with Crippen LogP contribution in [0.5, 0.6) is 0 Å². The van der Waals surface area contributed by atoms with Crippen LogP contribution in [0.4, 0.5) is 0 Å². The van der Waals surface area contributed by atoms with E-state index < -0.39 is 0 Å². The Morgan fingerprint density at radius 2 is 2.00 bits per heavy atom. The first-order valence-corrected chi connectivity index (χ1v) is 5.93. The summed E-state index contributed by atoms with van der Waals surface area (Å²) >= 11 is 0. The normalized spacial score (nSPS) is 12.4. The second-order valence-corrected chi connectivity index (χ2v) is 4.20. The number of methoxy groups -OCH3 is 1. The quantitative estimate of drug-likeness (QED) is 0.897. The van der Waals surface area contributed by atoms with Crippen molar-refractivity contribution in [2.45, 2.75) is 19.6 Å². The number of aliphatic hydroxyl groups excluding tert-OH is 1. The molecule has 1 aromatic carbocycles. The molecular formula is C15H17NO2. The van der Waals surface area contributed by atoms with E-state index in [1.165, 1.54) is 0 Å². The van der Waals surface area contributed by atoms with Crippen LogP contribution in [-0.2, 0) is 11.3 Å². The Hall–Kier alpha value is -1.71. The Labute approximate surface area is 107 Å². The van der Waals surface area contributed by atoms with Crippen LogP contribution in [0.25, 0.3) is 11.1 Å². The minimum Gasteiger partial charge on any atom is -0.390 e. The van der Waals surface area contributed by atoms with Crippen molar-refractivity contribution >= 4 is 0 Å². The predicted molar refractivity (Wildman–Crippen MR) is 71.0 cm³/mol. The highest BCUT2D eigenvalue weighted by Gasteiger charge is 2.06. The minimum absolute atomic E-state index is 0.0397. The van der Waals surface area contributed by atoms with Gasteiger partial charge in [-0.3, -0.25) is 4.98 Å². The Morgan fingerprint density at radius 3 is 2.72 bits per heavy atom. The molecule has 3 nitrogen and oxygen atoms in total. The fourth-order valence-electron chi connectivity index (χ4n) is 1.85. The van der Waals surface area contributed by atoms with Crippen molar-refractivity contribution in [3.05, 3.63) is 53.9 Å². The van der Waals surface area contributed by atoms with Gasteiger partial charge in [0, 0.05) is 13.3 Å². The van der Waals surface area contributed by atoms with E-state index in [1.54, 1.807) is 13.3 Å². The highest BCUT2D eigenvalue weighted by molar-refractivity contribution is 5.64. The molecule has 1 N–H and O–H groups in total. The summed E-state index contributed by atoms with van der Waals surface area (Å²) in [5.74, 6) is 0. The molecule has 3 heteroatoms. The van der Waals surface area contributed by atoms with Gasteiger partial charge in [0.25, 0.3) is 0 Å². The molecule has 0 bridgehead atoms. The van der Waals surface area contributed by atoms with Gasteiger partial charge in [-0.2, -0.15) is 0 Å². The summed E-state index contributed by atoms with van der Waals surface area (Å²) in [7, 11) is 1.70. The molecule has 94 valence electrons. The molecule has 1 heterocycles. The third-order valence-electron chi connectivity index (χ3n) is 3.02. The molecule has 0 saturated heterocycles. The second kappa shape index (κ2) is 5.76. The minimum atomic E-state index is -0.0397. The first kappa shape index (κ1) is 12.7. The molecule has 0 saturated carbocycles. The van der Waals surface area contributed by atoms with Crippen molar-refractivity contribution in [3.63, 3.8) is 0 Å². The zero-order valence-corrected chi connectivity index (χ0v) is 10.6. The molecule has 0 spiro atoms. The van der Waals surface area contributed by atoms with E-state index in [-0.39, 0.29) is 12.7 Å². The van der Waals surface area contributed by atoms with Gasteiger partial charge in [0.2, 0.25) is 0 Å². The van der Waals surface area contributed by atoms with Crippen molar-refractivity contribution in [1.29, 1.82) is 0 Å². The van der Waals surface area contributed by atoms with E-state index >= 15 is 0 Å². The van der Waals surface area contributed by atoms with Gasteiger partial charge in [-0.05, 0) is 41.8 Å². The number of nitrogens with zero attached hydrogens (tertiary/aromatic N) is 1. The zero-order chi connectivity index (χ0) is 13.0. The number of benzene rings is 1. The van der Waals surface area contributed by atoms with Crippen molar-refractivity contribution in [2.75, 3.05) is 7.11 Å². The maximum atomic E-state index is 9.11. The van der Waals surface area contributed by atoms with Gasteiger partial charge in [0.1, 0.15) is 0 Å². The van der Waals surface area contributed by atoms with E-state index in [2.05, 4.69) is 11.1 Å². The van der Waals surface area contributed by atoms with Crippen LogP contribution in [0.2, 0.25) is 0 Å². The second-order valence-electron chi connectivity index (χ2n) is 4.20. The molecule has 0 amide bonds. The molecule has 0 aliphatic carbocycles. The number of aromatic nitrogens is 1. The molecule has 1 atom stereocenters. The van der Waals surface area contributed by atoms with Crippen LogP contribution in [0.15, 0.2) is 42.6 Å². The lowest BCUT2D eigenvalue weighted by Crippen LogP contribution is -1.96. The number of rotatable bonds is 4. The standard InChI is InChI=1S/C15H17NO2/c1-11(18-2)12-4-3-5-13(8-12)14-6-7-16-15(9-14)10-17/h3-9,11,17H,10H2,1-2H3/t11-/m1/s1. The average Bonchev–Trinajstić information content (AvgIpc) is 2.46. The van der Waals surface area contributed by atoms with Crippen LogP contribution >= 0.6 is 0 Å². The topological polar surface area (TPSA) is 42.4 Å². The number of hydrogen-bond acceptors (Lipinski definition) is 3. The fraction of sp³-hybridized carbons (Fsp3) is 0.267. The first-order chi connectivity index (χ1) is 8.74. The molecule has 1 aromatic heterocycles. The monoisotopic (exact) mass is 243 g/mol. The third-order valence-corrected chi connectivity index (χ3v) is 3.02. The van der Waals surface area contributed by atoms with E-state index in [1.807, 2.05) is 37.3 Å². The molecule has 0 aliphatic heterocycles. The Kier molecular flexibility index (Phi) is 4.07. The summed E-state index contributed by atoms with van der Waals surface area (Å²) in [6, 6.07) is 12.0. The summed E-state index contributed by atoms with van der Waals surface area (Å²) < 4.78 is 5.32. The van der Waals surface area contributed by atoms with E-state index in [0.29, 0.717) is 5.69 Å². The van der Waals surface area contributed by atoms with Crippen LogP contribution in [-0.4, -0.2) is 17.2 Å². The molecule has 18 heavy (non-hydrogen) atoms. The molecule has 0 unspecified atom stereocenters. The van der Waals surface area contributed by atoms with Crippen LogP contribution in [0.3, 0.4) is 0 Å². The van der Waals surface area contributed by atoms with Gasteiger partial charge in [-0.15, -0.1) is 0 Å². The Morgan fingerprint density at radius 1 is 1.22 bits per heavy atom. The number of ether oxygens (including phenoxy) is 1. The lowest BCUT2D eigenvalue weighted by molar-refractivity contribution is 0.119. The third kappa shape index (κ3) is 2.75. The van der Waals surface area contributed by atoms with E-state index in [4.69, 9.17) is 9.84 Å². The molecule has 2 rings (SSSR count). The molecule has 0 aliphatic rings. The van der Waals surface area contributed by atoms with Gasteiger partial charge in [0.15, 0.2) is 0 Å². The highest BCUT2D eigenvalue weighted by atomic mass is 16.5.